The van der Waals surface area contributed by atoms with Crippen molar-refractivity contribution < 1.29 is 40.2 Å². The maximum Gasteiger partial charge on any atom is 0.310 e. The molecule has 3 unspecified atom stereocenters. The fourth-order valence-corrected chi connectivity index (χ4v) is 1.62. The van der Waals surface area contributed by atoms with E-state index in [2.05, 4.69) is 6.92 Å². The lowest BCUT2D eigenvalue weighted by Crippen LogP contribution is -2.31. The first-order valence-corrected chi connectivity index (χ1v) is 7.99. The lowest BCUT2D eigenvalue weighted by molar-refractivity contribution is -0.146. The fraction of sp³-hybridized carbons (Fsp3) is 0.750. The van der Waals surface area contributed by atoms with Crippen LogP contribution in [0.3, 0.4) is 0 Å². The third-order valence-corrected chi connectivity index (χ3v) is 3.12. The molecule has 0 aromatic carbocycles. The van der Waals surface area contributed by atoms with E-state index in [0.717, 1.165) is 19.3 Å². The summed E-state index contributed by atoms with van der Waals surface area (Å²) >= 11 is 0. The number of rotatable bonds is 12. The van der Waals surface area contributed by atoms with Gasteiger partial charge in [-0.3, -0.25) is 9.59 Å². The molecule has 0 heterocycles. The van der Waals surface area contributed by atoms with Gasteiger partial charge in [0.15, 0.2) is 0 Å². The topological polar surface area (TPSA) is 156 Å². The Hall–Kier alpha value is -1.48. The van der Waals surface area contributed by atoms with E-state index in [1.807, 2.05) is 0 Å². The van der Waals surface area contributed by atoms with Gasteiger partial charge in [-0.2, -0.15) is 0 Å². The number of allylic oxidation sites excluding steroid dienone is 1. The molecule has 0 saturated heterocycles. The highest BCUT2D eigenvalue weighted by molar-refractivity contribution is 5.79. The number of aliphatic hydroxyl groups is 4. The minimum absolute atomic E-state index is 0.346. The summed E-state index contributed by atoms with van der Waals surface area (Å²) in [6.07, 6.45) is 5.82. The van der Waals surface area contributed by atoms with Crippen molar-refractivity contribution in [3.63, 3.8) is 0 Å². The molecular weight excluding hydrogens is 320 g/mol. The van der Waals surface area contributed by atoms with Crippen molar-refractivity contribution in [2.75, 3.05) is 13.2 Å². The van der Waals surface area contributed by atoms with Gasteiger partial charge in [-0.05, 0) is 12.8 Å². The second kappa shape index (κ2) is 16.4. The average molecular weight is 350 g/mol. The van der Waals surface area contributed by atoms with Crippen LogP contribution in [0.4, 0.5) is 0 Å². The summed E-state index contributed by atoms with van der Waals surface area (Å²) in [6, 6.07) is 0. The summed E-state index contributed by atoms with van der Waals surface area (Å²) in [5.41, 5.74) is 0. The third kappa shape index (κ3) is 15.4. The second-order valence-corrected chi connectivity index (χ2v) is 5.32. The quantitative estimate of drug-likeness (QED) is 0.218. The first-order valence-electron chi connectivity index (χ1n) is 7.99. The van der Waals surface area contributed by atoms with Crippen molar-refractivity contribution >= 4 is 11.9 Å². The number of hydrogen-bond acceptors (Lipinski definition) is 6. The summed E-state index contributed by atoms with van der Waals surface area (Å²) < 4.78 is 0. The average Bonchev–Trinajstić information content (AvgIpc) is 2.55. The molecule has 8 nitrogen and oxygen atoms in total. The molecule has 0 aromatic rings. The standard InChI is InChI=1S/C12H20O4.C4H10O4/c1-2-3-4-5-6-7-8-10(12(15)16)9-11(13)14;5-1-3(7)4(8)2-6/h7-8,10H,2-6,9H2,1H3,(H,13,14)(H,15,16);3-8H,1-2H2. The zero-order valence-corrected chi connectivity index (χ0v) is 14.0. The number of carboxylic acids is 2. The van der Waals surface area contributed by atoms with Crippen LogP contribution in [0, 0.1) is 5.92 Å². The number of carboxylic acid groups (broad SMARTS) is 2. The monoisotopic (exact) mass is 350 g/mol. The van der Waals surface area contributed by atoms with E-state index >= 15 is 0 Å². The maximum atomic E-state index is 10.7. The molecule has 0 aliphatic rings. The Bertz CT molecular complexity index is 348. The molecule has 142 valence electrons. The maximum absolute atomic E-state index is 10.7. The summed E-state index contributed by atoms with van der Waals surface area (Å²) in [4.78, 5) is 21.1. The summed E-state index contributed by atoms with van der Waals surface area (Å²) in [6.45, 7) is 1.08. The Balaban J connectivity index is 0. The number of aliphatic hydroxyl groups excluding tert-OH is 4. The van der Waals surface area contributed by atoms with Crippen LogP contribution in [0.25, 0.3) is 0 Å². The van der Waals surface area contributed by atoms with E-state index < -0.39 is 43.3 Å². The van der Waals surface area contributed by atoms with Crippen LogP contribution >= 0.6 is 0 Å². The molecule has 0 amide bonds. The predicted molar refractivity (Wildman–Crippen MR) is 87.5 cm³/mol. The molecule has 0 aliphatic carbocycles. The molecule has 0 aliphatic heterocycles. The molecule has 0 aromatic heterocycles. The van der Waals surface area contributed by atoms with Crippen LogP contribution in [-0.2, 0) is 9.59 Å². The van der Waals surface area contributed by atoms with E-state index in [0.29, 0.717) is 0 Å². The van der Waals surface area contributed by atoms with Crippen molar-refractivity contribution in [1.29, 1.82) is 0 Å². The number of aliphatic carboxylic acids is 2. The Labute approximate surface area is 142 Å². The van der Waals surface area contributed by atoms with Crippen LogP contribution in [0.1, 0.15) is 45.4 Å². The highest BCUT2D eigenvalue weighted by Gasteiger charge is 2.17. The van der Waals surface area contributed by atoms with Gasteiger partial charge in [0.2, 0.25) is 0 Å². The van der Waals surface area contributed by atoms with Crippen LogP contribution in [0.2, 0.25) is 0 Å². The van der Waals surface area contributed by atoms with Crippen LogP contribution in [0.15, 0.2) is 12.2 Å². The molecule has 8 heteroatoms. The minimum atomic E-state index is -1.22. The van der Waals surface area contributed by atoms with Gasteiger partial charge in [0.05, 0.1) is 25.6 Å². The van der Waals surface area contributed by atoms with E-state index in [1.54, 1.807) is 6.08 Å². The smallest absolute Gasteiger partial charge is 0.310 e. The lowest BCUT2D eigenvalue weighted by Gasteiger charge is -2.10. The number of carbonyl (C=O) groups is 2. The molecule has 24 heavy (non-hydrogen) atoms. The van der Waals surface area contributed by atoms with Gasteiger partial charge in [-0.25, -0.2) is 0 Å². The number of unbranched alkanes of at least 4 members (excludes halogenated alkanes) is 4. The van der Waals surface area contributed by atoms with Gasteiger partial charge in [-0.1, -0.05) is 38.3 Å². The van der Waals surface area contributed by atoms with Crippen LogP contribution in [0.5, 0.6) is 0 Å². The summed E-state index contributed by atoms with van der Waals surface area (Å²) in [5, 5.41) is 50.4. The van der Waals surface area contributed by atoms with Gasteiger partial charge in [0.25, 0.3) is 0 Å². The van der Waals surface area contributed by atoms with Crippen molar-refractivity contribution in [2.45, 2.75) is 57.7 Å². The summed E-state index contributed by atoms with van der Waals surface area (Å²) in [5.74, 6) is -3.06. The van der Waals surface area contributed by atoms with E-state index in [4.69, 9.17) is 30.6 Å². The molecule has 0 saturated carbocycles. The van der Waals surface area contributed by atoms with E-state index in [9.17, 15) is 9.59 Å². The zero-order chi connectivity index (χ0) is 19.0. The van der Waals surface area contributed by atoms with Gasteiger partial charge < -0.3 is 30.6 Å². The second-order valence-electron chi connectivity index (χ2n) is 5.32. The van der Waals surface area contributed by atoms with Crippen molar-refractivity contribution in [3.8, 4) is 0 Å². The molecule has 0 rings (SSSR count). The van der Waals surface area contributed by atoms with Crippen LogP contribution < -0.4 is 0 Å². The Kier molecular flexibility index (Phi) is 16.9. The Morgan fingerprint density at radius 3 is 1.88 bits per heavy atom. The normalized spacial score (nSPS) is 14.5. The van der Waals surface area contributed by atoms with Gasteiger partial charge in [0, 0.05) is 0 Å². The Morgan fingerprint density at radius 1 is 0.958 bits per heavy atom. The first kappa shape index (κ1) is 24.8. The summed E-state index contributed by atoms with van der Waals surface area (Å²) in [7, 11) is 0. The van der Waals surface area contributed by atoms with Crippen LogP contribution in [-0.4, -0.2) is 68.0 Å². The minimum Gasteiger partial charge on any atom is -0.481 e. The lowest BCUT2D eigenvalue weighted by atomic mass is 10.0. The predicted octanol–water partition coefficient (Wildman–Crippen LogP) is 0.381. The van der Waals surface area contributed by atoms with E-state index in [1.165, 1.54) is 18.9 Å². The largest absolute Gasteiger partial charge is 0.481 e. The highest BCUT2D eigenvalue weighted by atomic mass is 16.4. The molecule has 0 spiro atoms. The first-order chi connectivity index (χ1) is 11.3. The molecular formula is C16H30O8. The molecule has 0 bridgehead atoms. The Morgan fingerprint density at radius 2 is 1.50 bits per heavy atom. The van der Waals surface area contributed by atoms with E-state index in [-0.39, 0.29) is 6.42 Å². The SMILES string of the molecule is CCCCCCC=CC(CC(=O)O)C(=O)O.OCC(O)C(O)CO. The zero-order valence-electron chi connectivity index (χ0n) is 14.0. The molecule has 0 fully saturated rings. The fourth-order valence-electron chi connectivity index (χ4n) is 1.62. The van der Waals surface area contributed by atoms with Crippen molar-refractivity contribution in [1.82, 2.24) is 0 Å². The van der Waals surface area contributed by atoms with Crippen molar-refractivity contribution in [2.24, 2.45) is 5.92 Å². The molecule has 3 atom stereocenters. The highest BCUT2D eigenvalue weighted by Crippen LogP contribution is 2.08. The molecule has 6 N–H and O–H groups in total. The van der Waals surface area contributed by atoms with Crippen molar-refractivity contribution in [3.05, 3.63) is 12.2 Å². The third-order valence-electron chi connectivity index (χ3n) is 3.12. The van der Waals surface area contributed by atoms with Gasteiger partial charge in [0.1, 0.15) is 12.2 Å². The number of hydrogen-bond donors (Lipinski definition) is 6. The van der Waals surface area contributed by atoms with Gasteiger partial charge >= 0.3 is 11.9 Å². The van der Waals surface area contributed by atoms with Gasteiger partial charge in [-0.15, -0.1) is 0 Å². The molecule has 0 radical (unpaired) electrons.